The fourth-order valence-electron chi connectivity index (χ4n) is 1.87. The number of carboxylic acid groups (broad SMARTS) is 1. The van der Waals surface area contributed by atoms with Crippen LogP contribution in [0.4, 0.5) is 10.1 Å². The van der Waals surface area contributed by atoms with E-state index in [4.69, 9.17) is 10.4 Å². The molecule has 21 heavy (non-hydrogen) atoms. The molecule has 0 saturated heterocycles. The Morgan fingerprint density at radius 1 is 1.33 bits per heavy atom. The molecular formula is C14H7FN2O4. The first-order valence-corrected chi connectivity index (χ1v) is 5.66. The van der Waals surface area contributed by atoms with E-state index in [0.717, 1.165) is 12.1 Å². The Balaban J connectivity index is 2.67. The number of rotatable bonds is 3. The van der Waals surface area contributed by atoms with Gasteiger partial charge in [-0.3, -0.25) is 10.1 Å². The maximum atomic E-state index is 14.0. The second-order valence-electron chi connectivity index (χ2n) is 4.07. The Hall–Kier alpha value is -3.27. The molecule has 6 nitrogen and oxygen atoms in total. The molecular weight excluding hydrogens is 279 g/mol. The Morgan fingerprint density at radius 2 is 2.05 bits per heavy atom. The molecule has 0 aliphatic heterocycles. The molecule has 0 aromatic heterocycles. The molecule has 0 aliphatic carbocycles. The van der Waals surface area contributed by atoms with Crippen molar-refractivity contribution in [1.82, 2.24) is 0 Å². The number of halogens is 1. The summed E-state index contributed by atoms with van der Waals surface area (Å²) < 4.78 is 14.0. The van der Waals surface area contributed by atoms with Gasteiger partial charge in [-0.15, -0.1) is 0 Å². The predicted octanol–water partition coefficient (Wildman–Crippen LogP) is 2.97. The smallest absolute Gasteiger partial charge is 0.342 e. The van der Waals surface area contributed by atoms with Crippen LogP contribution in [0.25, 0.3) is 11.1 Å². The summed E-state index contributed by atoms with van der Waals surface area (Å²) in [6.45, 7) is 0. The average Bonchev–Trinajstić information content (AvgIpc) is 2.46. The Labute approximate surface area is 117 Å². The molecule has 0 saturated carbocycles. The zero-order chi connectivity index (χ0) is 15.6. The van der Waals surface area contributed by atoms with E-state index in [1.165, 1.54) is 24.3 Å². The fourth-order valence-corrected chi connectivity index (χ4v) is 1.87. The van der Waals surface area contributed by atoms with E-state index >= 15 is 0 Å². The third-order valence-electron chi connectivity index (χ3n) is 2.86. The van der Waals surface area contributed by atoms with E-state index in [1.54, 1.807) is 6.07 Å². The Bertz CT molecular complexity index is 796. The van der Waals surface area contributed by atoms with Crippen LogP contribution in [-0.4, -0.2) is 16.0 Å². The molecule has 0 heterocycles. The normalized spacial score (nSPS) is 9.90. The van der Waals surface area contributed by atoms with Crippen molar-refractivity contribution < 1.29 is 19.2 Å². The van der Waals surface area contributed by atoms with Crippen LogP contribution in [-0.2, 0) is 0 Å². The molecule has 1 N–H and O–H groups in total. The maximum absolute atomic E-state index is 14.0. The van der Waals surface area contributed by atoms with Crippen LogP contribution in [0.5, 0.6) is 0 Å². The number of benzene rings is 2. The van der Waals surface area contributed by atoms with Gasteiger partial charge in [0.05, 0.1) is 10.5 Å². The van der Waals surface area contributed by atoms with Gasteiger partial charge in [0, 0.05) is 11.6 Å². The van der Waals surface area contributed by atoms with Gasteiger partial charge in [-0.2, -0.15) is 5.26 Å². The molecule has 2 aromatic rings. The second-order valence-corrected chi connectivity index (χ2v) is 4.07. The van der Waals surface area contributed by atoms with Crippen molar-refractivity contribution in [2.75, 3.05) is 0 Å². The van der Waals surface area contributed by atoms with Crippen molar-refractivity contribution in [3.05, 3.63) is 63.5 Å². The van der Waals surface area contributed by atoms with Gasteiger partial charge in [-0.05, 0) is 17.7 Å². The zero-order valence-corrected chi connectivity index (χ0v) is 10.4. The van der Waals surface area contributed by atoms with E-state index in [1.807, 2.05) is 0 Å². The van der Waals surface area contributed by atoms with Crippen LogP contribution in [0.3, 0.4) is 0 Å². The average molecular weight is 286 g/mol. The van der Waals surface area contributed by atoms with Crippen LogP contribution in [0.2, 0.25) is 0 Å². The van der Waals surface area contributed by atoms with Crippen molar-refractivity contribution in [3.63, 3.8) is 0 Å². The fraction of sp³-hybridized carbons (Fsp3) is 0. The summed E-state index contributed by atoms with van der Waals surface area (Å²) in [5.41, 5.74) is -1.20. The highest BCUT2D eigenvalue weighted by molar-refractivity contribution is 5.93. The summed E-state index contributed by atoms with van der Waals surface area (Å²) >= 11 is 0. The van der Waals surface area contributed by atoms with E-state index in [-0.39, 0.29) is 16.7 Å². The van der Waals surface area contributed by atoms with Gasteiger partial charge in [0.25, 0.3) is 5.69 Å². The van der Waals surface area contributed by atoms with Gasteiger partial charge in [-0.1, -0.05) is 18.2 Å². The molecule has 0 atom stereocenters. The third-order valence-corrected chi connectivity index (χ3v) is 2.86. The zero-order valence-electron chi connectivity index (χ0n) is 10.4. The lowest BCUT2D eigenvalue weighted by Gasteiger charge is -2.06. The molecule has 0 fully saturated rings. The number of aromatic carboxylic acids is 1. The van der Waals surface area contributed by atoms with Crippen LogP contribution < -0.4 is 0 Å². The molecule has 7 heteroatoms. The quantitative estimate of drug-likeness (QED) is 0.689. The molecule has 2 aromatic carbocycles. The van der Waals surface area contributed by atoms with Crippen molar-refractivity contribution in [1.29, 1.82) is 5.26 Å². The van der Waals surface area contributed by atoms with Gasteiger partial charge >= 0.3 is 5.97 Å². The first-order chi connectivity index (χ1) is 9.95. The number of carbonyl (C=O) groups is 1. The van der Waals surface area contributed by atoms with E-state index in [9.17, 15) is 19.3 Å². The van der Waals surface area contributed by atoms with Gasteiger partial charge in [0.2, 0.25) is 0 Å². The highest BCUT2D eigenvalue weighted by Gasteiger charge is 2.21. The van der Waals surface area contributed by atoms with Crippen LogP contribution in [0.1, 0.15) is 15.9 Å². The van der Waals surface area contributed by atoms with Crippen molar-refractivity contribution in [2.45, 2.75) is 0 Å². The van der Waals surface area contributed by atoms with E-state index in [0.29, 0.717) is 0 Å². The molecule has 0 aliphatic rings. The first kappa shape index (κ1) is 14.1. The van der Waals surface area contributed by atoms with E-state index < -0.39 is 28.0 Å². The summed E-state index contributed by atoms with van der Waals surface area (Å²) in [6.07, 6.45) is 0. The summed E-state index contributed by atoms with van der Waals surface area (Å²) in [6, 6.07) is 9.01. The maximum Gasteiger partial charge on any atom is 0.342 e. The lowest BCUT2D eigenvalue weighted by atomic mass is 10.00. The monoisotopic (exact) mass is 286 g/mol. The minimum absolute atomic E-state index is 0.00547. The molecule has 0 bridgehead atoms. The Kier molecular flexibility index (Phi) is 3.63. The SMILES string of the molecule is N#Cc1cccc(-c2ccc(C(=O)O)c([N+](=O)[O-])c2)c1F. The largest absolute Gasteiger partial charge is 0.477 e. The predicted molar refractivity (Wildman–Crippen MR) is 70.2 cm³/mol. The lowest BCUT2D eigenvalue weighted by molar-refractivity contribution is -0.385. The minimum atomic E-state index is -1.44. The number of hydrogen-bond acceptors (Lipinski definition) is 4. The van der Waals surface area contributed by atoms with Crippen molar-refractivity contribution in [3.8, 4) is 17.2 Å². The summed E-state index contributed by atoms with van der Waals surface area (Å²) in [5, 5.41) is 28.6. The first-order valence-electron chi connectivity index (χ1n) is 5.66. The minimum Gasteiger partial charge on any atom is -0.477 e. The number of nitro groups is 1. The van der Waals surface area contributed by atoms with Gasteiger partial charge in [-0.25, -0.2) is 9.18 Å². The van der Waals surface area contributed by atoms with Crippen molar-refractivity contribution >= 4 is 11.7 Å². The third kappa shape index (κ3) is 2.55. The van der Waals surface area contributed by atoms with Crippen molar-refractivity contribution in [2.24, 2.45) is 0 Å². The van der Waals surface area contributed by atoms with Crippen LogP contribution in [0, 0.1) is 27.3 Å². The number of nitriles is 1. The molecule has 104 valence electrons. The van der Waals surface area contributed by atoms with Gasteiger partial charge in [0.15, 0.2) is 0 Å². The number of nitro benzene ring substituents is 1. The summed E-state index contributed by atoms with van der Waals surface area (Å²) in [5.74, 6) is -2.25. The Morgan fingerprint density at radius 3 is 2.62 bits per heavy atom. The molecule has 0 amide bonds. The van der Waals surface area contributed by atoms with Gasteiger partial charge < -0.3 is 5.11 Å². The van der Waals surface area contributed by atoms with Gasteiger partial charge in [0.1, 0.15) is 17.4 Å². The standard InChI is InChI=1S/C14H7FN2O4/c15-13-9(7-16)2-1-3-10(13)8-4-5-11(14(18)19)12(6-8)17(20)21/h1-6H,(H,18,19). The van der Waals surface area contributed by atoms with Crippen LogP contribution >= 0.6 is 0 Å². The molecule has 0 radical (unpaired) electrons. The molecule has 0 unspecified atom stereocenters. The molecule has 2 rings (SSSR count). The lowest BCUT2D eigenvalue weighted by Crippen LogP contribution is -2.03. The summed E-state index contributed by atoms with van der Waals surface area (Å²) in [7, 11) is 0. The topological polar surface area (TPSA) is 104 Å². The highest BCUT2D eigenvalue weighted by Crippen LogP contribution is 2.30. The van der Waals surface area contributed by atoms with Crippen LogP contribution in [0.15, 0.2) is 36.4 Å². The summed E-state index contributed by atoms with van der Waals surface area (Å²) in [4.78, 5) is 21.0. The number of nitrogens with zero attached hydrogens (tertiary/aromatic N) is 2. The second kappa shape index (κ2) is 5.38. The number of hydrogen-bond donors (Lipinski definition) is 1. The molecule has 0 spiro atoms. The number of carboxylic acids is 1. The van der Waals surface area contributed by atoms with E-state index in [2.05, 4.69) is 0 Å². The highest BCUT2D eigenvalue weighted by atomic mass is 19.1.